The zero-order valence-electron chi connectivity index (χ0n) is 20.4. The molecular formula is C28H43N3O. The molecule has 9 unspecified atom stereocenters. The van der Waals surface area contributed by atoms with Crippen LogP contribution < -0.4 is 11.1 Å². The van der Waals surface area contributed by atoms with Crippen LogP contribution in [0.4, 0.5) is 0 Å². The van der Waals surface area contributed by atoms with Gasteiger partial charge in [0.2, 0.25) is 0 Å². The van der Waals surface area contributed by atoms with Crippen LogP contribution in [-0.4, -0.2) is 30.5 Å². The first-order valence-electron chi connectivity index (χ1n) is 13.4. The van der Waals surface area contributed by atoms with Crippen LogP contribution in [0.1, 0.15) is 85.0 Å². The van der Waals surface area contributed by atoms with E-state index >= 15 is 0 Å². The summed E-state index contributed by atoms with van der Waals surface area (Å²) in [5.74, 6) is 3.65. The minimum atomic E-state index is 0.0556. The highest BCUT2D eigenvalue weighted by atomic mass is 16.5. The lowest BCUT2D eigenvalue weighted by atomic mass is 9.52. The van der Waals surface area contributed by atoms with Crippen LogP contribution in [0.25, 0.3) is 0 Å². The molecule has 4 fully saturated rings. The number of piperidine rings is 1. The van der Waals surface area contributed by atoms with Crippen molar-refractivity contribution >= 4 is 6.21 Å². The SMILES string of the molecule is CC1=C2CC3C(CCC4CC(N)=C(C=N)CC43C)C2CCC2(C1)OC1CCCNC1C2C. The average molecular weight is 438 g/mol. The molecule has 2 saturated carbocycles. The summed E-state index contributed by atoms with van der Waals surface area (Å²) in [7, 11) is 0. The van der Waals surface area contributed by atoms with Crippen LogP contribution in [0.15, 0.2) is 22.4 Å². The van der Waals surface area contributed by atoms with E-state index in [9.17, 15) is 0 Å². The van der Waals surface area contributed by atoms with E-state index in [1.807, 2.05) is 0 Å². The third-order valence-corrected chi connectivity index (χ3v) is 11.4. The van der Waals surface area contributed by atoms with E-state index in [1.54, 1.807) is 17.4 Å². The van der Waals surface area contributed by atoms with E-state index in [2.05, 4.69) is 26.1 Å². The fraction of sp³-hybridized carbons (Fsp3) is 0.821. The Morgan fingerprint density at radius 2 is 2.00 bits per heavy atom. The lowest BCUT2D eigenvalue weighted by Crippen LogP contribution is -2.46. The van der Waals surface area contributed by atoms with Crippen LogP contribution in [0.5, 0.6) is 0 Å². The standard InChI is InChI=1S/C28H43N3O/c1-16-13-28(17(2)26-25(32-28)5-4-10-31-26)9-8-20-21-7-6-19-11-24(30)18(15-29)14-27(19,3)23(21)12-22(16)20/h15,17,19-21,23,25-26,29,31H,4-14,30H2,1-3H3. The molecule has 1 spiro atoms. The molecule has 2 aliphatic heterocycles. The monoisotopic (exact) mass is 437 g/mol. The second-order valence-electron chi connectivity index (χ2n) is 12.6. The van der Waals surface area contributed by atoms with Gasteiger partial charge in [-0.05, 0) is 112 Å². The molecular weight excluding hydrogens is 394 g/mol. The van der Waals surface area contributed by atoms with Crippen molar-refractivity contribution in [1.82, 2.24) is 5.32 Å². The van der Waals surface area contributed by atoms with Gasteiger partial charge >= 0.3 is 0 Å². The number of hydrogen-bond donors (Lipinski definition) is 3. The van der Waals surface area contributed by atoms with Gasteiger partial charge in [-0.2, -0.15) is 0 Å². The Balaban J connectivity index is 1.30. The molecule has 2 saturated heterocycles. The van der Waals surface area contributed by atoms with Gasteiger partial charge in [0.25, 0.3) is 0 Å². The van der Waals surface area contributed by atoms with Gasteiger partial charge in [-0.15, -0.1) is 0 Å². The number of fused-ring (bicyclic) bond motifs is 6. The Labute approximate surface area is 194 Å². The van der Waals surface area contributed by atoms with Crippen molar-refractivity contribution < 1.29 is 4.74 Å². The van der Waals surface area contributed by atoms with Crippen LogP contribution in [0, 0.1) is 40.4 Å². The maximum absolute atomic E-state index is 7.92. The summed E-state index contributed by atoms with van der Waals surface area (Å²) in [5, 5.41) is 11.7. The minimum absolute atomic E-state index is 0.0556. The molecule has 0 radical (unpaired) electrons. The number of nitrogens with one attached hydrogen (secondary N) is 2. The molecule has 32 heavy (non-hydrogen) atoms. The Morgan fingerprint density at radius 1 is 1.16 bits per heavy atom. The summed E-state index contributed by atoms with van der Waals surface area (Å²) in [6, 6.07) is 0.556. The van der Waals surface area contributed by atoms with Crippen molar-refractivity contribution in [2.75, 3.05) is 6.54 Å². The van der Waals surface area contributed by atoms with Crippen molar-refractivity contribution in [1.29, 1.82) is 5.41 Å². The highest BCUT2D eigenvalue weighted by molar-refractivity contribution is 5.77. The van der Waals surface area contributed by atoms with Crippen molar-refractivity contribution in [3.63, 3.8) is 0 Å². The minimum Gasteiger partial charge on any atom is -0.402 e. The zero-order chi connectivity index (χ0) is 22.3. The van der Waals surface area contributed by atoms with Gasteiger partial charge in [0, 0.05) is 23.9 Å². The van der Waals surface area contributed by atoms with E-state index in [0.717, 1.165) is 54.8 Å². The summed E-state index contributed by atoms with van der Waals surface area (Å²) < 4.78 is 6.96. The molecule has 4 nitrogen and oxygen atoms in total. The third kappa shape index (κ3) is 2.90. The van der Waals surface area contributed by atoms with Crippen molar-refractivity contribution in [3.8, 4) is 0 Å². The van der Waals surface area contributed by atoms with Crippen LogP contribution in [-0.2, 0) is 4.74 Å². The van der Waals surface area contributed by atoms with E-state index in [0.29, 0.717) is 29.4 Å². The van der Waals surface area contributed by atoms with Crippen molar-refractivity contribution in [2.45, 2.75) is 103 Å². The number of rotatable bonds is 1. The number of hydrogen-bond acceptors (Lipinski definition) is 4. The second-order valence-corrected chi connectivity index (χ2v) is 12.6. The maximum Gasteiger partial charge on any atom is 0.0765 e. The van der Waals surface area contributed by atoms with Crippen LogP contribution in [0.2, 0.25) is 0 Å². The Kier molecular flexibility index (Phi) is 4.97. The van der Waals surface area contributed by atoms with Crippen LogP contribution >= 0.6 is 0 Å². The fourth-order valence-corrected chi connectivity index (χ4v) is 9.57. The number of nitrogens with two attached hydrogens (primary N) is 1. The molecule has 0 amide bonds. The molecule has 4 N–H and O–H groups in total. The summed E-state index contributed by atoms with van der Waals surface area (Å²) in [6.07, 6.45) is 14.2. The lowest BCUT2D eigenvalue weighted by molar-refractivity contribution is -0.0695. The van der Waals surface area contributed by atoms with Gasteiger partial charge in [-0.3, -0.25) is 0 Å². The predicted molar refractivity (Wildman–Crippen MR) is 129 cm³/mol. The molecule has 0 aromatic heterocycles. The Bertz CT molecular complexity index is 876. The summed E-state index contributed by atoms with van der Waals surface area (Å²) in [4.78, 5) is 0. The Hall–Kier alpha value is -1.13. The third-order valence-electron chi connectivity index (χ3n) is 11.4. The molecule has 2 heterocycles. The molecule has 4 aliphatic carbocycles. The molecule has 6 rings (SSSR count). The molecule has 6 aliphatic rings. The second kappa shape index (κ2) is 7.43. The van der Waals surface area contributed by atoms with Gasteiger partial charge in [0.15, 0.2) is 0 Å². The molecule has 9 atom stereocenters. The zero-order valence-corrected chi connectivity index (χ0v) is 20.4. The first kappa shape index (κ1) is 21.4. The quantitative estimate of drug-likeness (QED) is 0.383. The van der Waals surface area contributed by atoms with Crippen molar-refractivity contribution in [2.24, 2.45) is 40.7 Å². The average Bonchev–Trinajstić information content (AvgIpc) is 3.24. The van der Waals surface area contributed by atoms with Crippen molar-refractivity contribution in [3.05, 3.63) is 22.4 Å². The summed E-state index contributed by atoms with van der Waals surface area (Å²) >= 11 is 0. The molecule has 0 bridgehead atoms. The normalized spacial score (nSPS) is 50.5. The Morgan fingerprint density at radius 3 is 2.78 bits per heavy atom. The van der Waals surface area contributed by atoms with E-state index in [-0.39, 0.29) is 5.60 Å². The smallest absolute Gasteiger partial charge is 0.0765 e. The first-order chi connectivity index (χ1) is 15.4. The van der Waals surface area contributed by atoms with E-state index in [4.69, 9.17) is 15.9 Å². The molecule has 176 valence electrons. The number of allylic oxidation sites excluding steroid dienone is 3. The van der Waals surface area contributed by atoms with E-state index < -0.39 is 0 Å². The van der Waals surface area contributed by atoms with Gasteiger partial charge in [0.1, 0.15) is 0 Å². The highest BCUT2D eigenvalue weighted by Crippen LogP contribution is 2.65. The molecule has 4 heteroatoms. The van der Waals surface area contributed by atoms with Gasteiger partial charge in [-0.25, -0.2) is 0 Å². The fourth-order valence-electron chi connectivity index (χ4n) is 9.57. The summed E-state index contributed by atoms with van der Waals surface area (Å²) in [5.41, 5.74) is 12.3. The van der Waals surface area contributed by atoms with Crippen LogP contribution in [0.3, 0.4) is 0 Å². The molecule has 0 aromatic rings. The molecule has 0 aromatic carbocycles. The van der Waals surface area contributed by atoms with E-state index in [1.165, 1.54) is 44.9 Å². The highest BCUT2D eigenvalue weighted by Gasteiger charge is 2.59. The number of ether oxygens (including phenoxy) is 1. The van der Waals surface area contributed by atoms with Gasteiger partial charge in [0.05, 0.1) is 11.7 Å². The van der Waals surface area contributed by atoms with Gasteiger partial charge in [-0.1, -0.05) is 25.0 Å². The summed E-state index contributed by atoms with van der Waals surface area (Å²) in [6.45, 7) is 8.62. The topological polar surface area (TPSA) is 71.1 Å². The lowest BCUT2D eigenvalue weighted by Gasteiger charge is -2.52. The maximum atomic E-state index is 7.92. The predicted octanol–water partition coefficient (Wildman–Crippen LogP) is 5.34. The largest absolute Gasteiger partial charge is 0.402 e. The van der Waals surface area contributed by atoms with Gasteiger partial charge < -0.3 is 21.2 Å². The first-order valence-corrected chi connectivity index (χ1v) is 13.4.